The van der Waals surface area contributed by atoms with Crippen molar-refractivity contribution in [2.24, 2.45) is 11.3 Å². The van der Waals surface area contributed by atoms with Gasteiger partial charge in [0.2, 0.25) is 5.95 Å². The number of aromatic nitrogens is 2. The highest BCUT2D eigenvalue weighted by molar-refractivity contribution is 9.10. The van der Waals surface area contributed by atoms with Crippen molar-refractivity contribution in [3.05, 3.63) is 22.4 Å². The molecule has 0 unspecified atom stereocenters. The third-order valence-corrected chi connectivity index (χ3v) is 4.56. The summed E-state index contributed by atoms with van der Waals surface area (Å²) in [6, 6.07) is 3.15. The van der Waals surface area contributed by atoms with Crippen LogP contribution in [0, 0.1) is 17.2 Å². The molecule has 2 aromatic rings. The third-order valence-electron chi connectivity index (χ3n) is 3.95. The fraction of sp³-hybridized carbons (Fsp3) is 0.500. The van der Waals surface area contributed by atoms with Crippen LogP contribution < -0.4 is 5.73 Å². The van der Waals surface area contributed by atoms with Crippen LogP contribution in [0.4, 0.5) is 10.3 Å². The molecule has 0 radical (unpaired) electrons. The maximum atomic E-state index is 13.5. The first kappa shape index (κ1) is 14.3. The molecule has 0 bridgehead atoms. The minimum Gasteiger partial charge on any atom is -0.369 e. The van der Waals surface area contributed by atoms with Gasteiger partial charge in [0.1, 0.15) is 5.82 Å². The summed E-state index contributed by atoms with van der Waals surface area (Å²) in [6.07, 6.45) is 0. The standard InChI is InChI=1S/C14H19BrFN3/c1-8(2)14(3,4)7-19-12-5-9(15)10(16)6-11(12)18-13(19)17/h5-6,8H,7H2,1-4H3,(H2,17,18). The topological polar surface area (TPSA) is 43.8 Å². The Morgan fingerprint density at radius 2 is 2.05 bits per heavy atom. The Hall–Kier alpha value is -1.10. The molecule has 5 heteroatoms. The Morgan fingerprint density at radius 1 is 1.42 bits per heavy atom. The number of benzene rings is 1. The van der Waals surface area contributed by atoms with E-state index >= 15 is 0 Å². The Balaban J connectivity index is 2.54. The lowest BCUT2D eigenvalue weighted by Crippen LogP contribution is -2.26. The van der Waals surface area contributed by atoms with E-state index in [2.05, 4.69) is 48.6 Å². The first-order valence-corrected chi connectivity index (χ1v) is 7.12. The second-order valence-electron chi connectivity index (χ2n) is 5.95. The third kappa shape index (κ3) is 2.61. The summed E-state index contributed by atoms with van der Waals surface area (Å²) >= 11 is 3.21. The molecule has 0 saturated heterocycles. The summed E-state index contributed by atoms with van der Waals surface area (Å²) in [5, 5.41) is 0. The molecular formula is C14H19BrFN3. The molecule has 0 aliphatic heterocycles. The lowest BCUT2D eigenvalue weighted by molar-refractivity contribution is 0.214. The van der Waals surface area contributed by atoms with Gasteiger partial charge in [-0.15, -0.1) is 0 Å². The van der Waals surface area contributed by atoms with E-state index in [1.165, 1.54) is 6.07 Å². The van der Waals surface area contributed by atoms with Crippen LogP contribution in [0.1, 0.15) is 27.7 Å². The number of anilines is 1. The summed E-state index contributed by atoms with van der Waals surface area (Å²) in [5.41, 5.74) is 7.52. The molecule has 2 rings (SSSR count). The van der Waals surface area contributed by atoms with Crippen LogP contribution in [0.25, 0.3) is 11.0 Å². The van der Waals surface area contributed by atoms with Gasteiger partial charge >= 0.3 is 0 Å². The smallest absolute Gasteiger partial charge is 0.201 e. The van der Waals surface area contributed by atoms with Crippen LogP contribution in [-0.2, 0) is 6.54 Å². The summed E-state index contributed by atoms with van der Waals surface area (Å²) < 4.78 is 15.9. The Labute approximate surface area is 121 Å². The van der Waals surface area contributed by atoms with E-state index in [1.54, 1.807) is 6.07 Å². The number of fused-ring (bicyclic) bond motifs is 1. The van der Waals surface area contributed by atoms with Gasteiger partial charge in [-0.25, -0.2) is 9.37 Å². The van der Waals surface area contributed by atoms with Crippen molar-refractivity contribution < 1.29 is 4.39 Å². The van der Waals surface area contributed by atoms with Crippen molar-refractivity contribution in [3.8, 4) is 0 Å². The number of hydrogen-bond acceptors (Lipinski definition) is 2. The van der Waals surface area contributed by atoms with E-state index in [0.29, 0.717) is 21.9 Å². The molecule has 3 nitrogen and oxygen atoms in total. The van der Waals surface area contributed by atoms with Gasteiger partial charge in [-0.05, 0) is 33.3 Å². The largest absolute Gasteiger partial charge is 0.369 e. The summed E-state index contributed by atoms with van der Waals surface area (Å²) in [5.74, 6) is 0.620. The van der Waals surface area contributed by atoms with Crippen LogP contribution in [0.2, 0.25) is 0 Å². The van der Waals surface area contributed by atoms with Crippen molar-refractivity contribution in [1.29, 1.82) is 0 Å². The maximum Gasteiger partial charge on any atom is 0.201 e. The van der Waals surface area contributed by atoms with Crippen molar-refractivity contribution in [2.75, 3.05) is 5.73 Å². The minimum absolute atomic E-state index is 0.0859. The van der Waals surface area contributed by atoms with E-state index in [9.17, 15) is 4.39 Å². The van der Waals surface area contributed by atoms with E-state index < -0.39 is 0 Å². The van der Waals surface area contributed by atoms with Gasteiger partial charge in [0.25, 0.3) is 0 Å². The van der Waals surface area contributed by atoms with Gasteiger partial charge in [-0.2, -0.15) is 0 Å². The first-order valence-electron chi connectivity index (χ1n) is 6.33. The first-order chi connectivity index (χ1) is 8.72. The van der Waals surface area contributed by atoms with E-state index in [0.717, 1.165) is 12.1 Å². The van der Waals surface area contributed by atoms with E-state index in [1.807, 2.05) is 4.57 Å². The van der Waals surface area contributed by atoms with Crippen LogP contribution >= 0.6 is 15.9 Å². The van der Waals surface area contributed by atoms with Gasteiger partial charge in [0.15, 0.2) is 0 Å². The zero-order valence-corrected chi connectivity index (χ0v) is 13.3. The average Bonchev–Trinajstić information content (AvgIpc) is 2.56. The van der Waals surface area contributed by atoms with Crippen LogP contribution in [0.3, 0.4) is 0 Å². The predicted octanol–water partition coefficient (Wildman–Crippen LogP) is 4.20. The summed E-state index contributed by atoms with van der Waals surface area (Å²) in [6.45, 7) is 9.52. The Kier molecular flexibility index (Phi) is 3.60. The Bertz CT molecular complexity index is 617. The molecule has 104 valence electrons. The zero-order valence-electron chi connectivity index (χ0n) is 11.7. The van der Waals surface area contributed by atoms with Crippen molar-refractivity contribution in [1.82, 2.24) is 9.55 Å². The molecule has 2 N–H and O–H groups in total. The highest BCUT2D eigenvalue weighted by atomic mass is 79.9. The number of nitrogens with two attached hydrogens (primary N) is 1. The lowest BCUT2D eigenvalue weighted by Gasteiger charge is -2.30. The average molecular weight is 328 g/mol. The highest BCUT2D eigenvalue weighted by Gasteiger charge is 2.25. The fourth-order valence-electron chi connectivity index (χ4n) is 1.90. The van der Waals surface area contributed by atoms with Crippen LogP contribution in [0.15, 0.2) is 16.6 Å². The lowest BCUT2D eigenvalue weighted by atomic mass is 9.81. The van der Waals surface area contributed by atoms with Gasteiger partial charge < -0.3 is 10.3 Å². The molecule has 1 aromatic heterocycles. The van der Waals surface area contributed by atoms with Crippen molar-refractivity contribution in [2.45, 2.75) is 34.2 Å². The molecule has 0 atom stereocenters. The maximum absolute atomic E-state index is 13.5. The molecule has 0 aliphatic rings. The number of rotatable bonds is 3. The monoisotopic (exact) mass is 327 g/mol. The quantitative estimate of drug-likeness (QED) is 0.917. The second kappa shape index (κ2) is 4.78. The molecule has 19 heavy (non-hydrogen) atoms. The van der Waals surface area contributed by atoms with Gasteiger partial charge in [-0.3, -0.25) is 0 Å². The number of hydrogen-bond donors (Lipinski definition) is 1. The van der Waals surface area contributed by atoms with Crippen molar-refractivity contribution in [3.63, 3.8) is 0 Å². The molecule has 0 aliphatic carbocycles. The van der Waals surface area contributed by atoms with Gasteiger partial charge in [0, 0.05) is 12.6 Å². The van der Waals surface area contributed by atoms with E-state index in [-0.39, 0.29) is 11.2 Å². The van der Waals surface area contributed by atoms with Crippen LogP contribution in [-0.4, -0.2) is 9.55 Å². The number of nitrogen functional groups attached to an aromatic ring is 1. The SMILES string of the molecule is CC(C)C(C)(C)Cn1c(N)nc2cc(F)c(Br)cc21. The highest BCUT2D eigenvalue weighted by Crippen LogP contribution is 2.32. The fourth-order valence-corrected chi connectivity index (χ4v) is 2.23. The number of nitrogens with zero attached hydrogens (tertiary/aromatic N) is 2. The minimum atomic E-state index is -0.319. The summed E-state index contributed by atoms with van der Waals surface area (Å²) in [7, 11) is 0. The molecule has 1 aromatic carbocycles. The zero-order chi connectivity index (χ0) is 14.4. The second-order valence-corrected chi connectivity index (χ2v) is 6.81. The van der Waals surface area contributed by atoms with Crippen LogP contribution in [0.5, 0.6) is 0 Å². The molecule has 1 heterocycles. The van der Waals surface area contributed by atoms with Gasteiger partial charge in [-0.1, -0.05) is 27.7 Å². The molecule has 0 amide bonds. The van der Waals surface area contributed by atoms with E-state index in [4.69, 9.17) is 5.73 Å². The molecular weight excluding hydrogens is 309 g/mol. The number of imidazole rings is 1. The van der Waals surface area contributed by atoms with Crippen molar-refractivity contribution >= 4 is 32.9 Å². The summed E-state index contributed by atoms with van der Waals surface area (Å²) in [4.78, 5) is 4.24. The predicted molar refractivity (Wildman–Crippen MR) is 80.4 cm³/mol. The normalized spacial score (nSPS) is 12.6. The molecule has 0 fully saturated rings. The molecule has 0 saturated carbocycles. The molecule has 0 spiro atoms. The van der Waals surface area contributed by atoms with Gasteiger partial charge in [0.05, 0.1) is 15.5 Å². The number of halogens is 2. The Morgan fingerprint density at radius 3 is 2.63 bits per heavy atom.